The summed E-state index contributed by atoms with van der Waals surface area (Å²) in [7, 11) is 0. The van der Waals surface area contributed by atoms with Gasteiger partial charge in [-0.2, -0.15) is 20.3 Å². The number of nitrogens with zero attached hydrogens (tertiary/aromatic N) is 4. The standard InChI is InChI=1S/C23H20N4O2/c1-14-8-11-20(15(2)12-14)24-25-21-16(3)26-27(23(21)29)22(28)19-10-9-17-6-4-5-7-18(17)13-19/h4-13,21H,1-3H3. The quantitative estimate of drug-likeness (QED) is 0.472. The molecule has 0 radical (unpaired) electrons. The van der Waals surface area contributed by atoms with Crippen molar-refractivity contribution in [1.29, 1.82) is 0 Å². The Kier molecular flexibility index (Phi) is 4.76. The molecule has 4 rings (SSSR count). The summed E-state index contributed by atoms with van der Waals surface area (Å²) >= 11 is 0. The van der Waals surface area contributed by atoms with E-state index in [4.69, 9.17) is 0 Å². The highest BCUT2D eigenvalue weighted by atomic mass is 16.2. The van der Waals surface area contributed by atoms with E-state index in [0.717, 1.165) is 26.9 Å². The summed E-state index contributed by atoms with van der Waals surface area (Å²) in [6.07, 6.45) is 0. The molecule has 0 spiro atoms. The van der Waals surface area contributed by atoms with Crippen LogP contribution in [0.2, 0.25) is 0 Å². The molecule has 0 saturated heterocycles. The van der Waals surface area contributed by atoms with Crippen LogP contribution in [-0.2, 0) is 4.79 Å². The van der Waals surface area contributed by atoms with Gasteiger partial charge in [0.05, 0.1) is 11.4 Å². The van der Waals surface area contributed by atoms with E-state index in [9.17, 15) is 9.59 Å². The van der Waals surface area contributed by atoms with Crippen LogP contribution < -0.4 is 0 Å². The van der Waals surface area contributed by atoms with E-state index in [1.54, 1.807) is 19.1 Å². The van der Waals surface area contributed by atoms with E-state index < -0.39 is 17.9 Å². The highest BCUT2D eigenvalue weighted by molar-refractivity contribution is 6.18. The Morgan fingerprint density at radius 1 is 0.966 bits per heavy atom. The summed E-state index contributed by atoms with van der Waals surface area (Å²) in [6.45, 7) is 5.62. The molecule has 6 heteroatoms. The molecule has 6 nitrogen and oxygen atoms in total. The van der Waals surface area contributed by atoms with Gasteiger partial charge in [-0.15, -0.1) is 0 Å². The van der Waals surface area contributed by atoms with Crippen LogP contribution in [0.5, 0.6) is 0 Å². The first kappa shape index (κ1) is 18.7. The lowest BCUT2D eigenvalue weighted by molar-refractivity contribution is -0.127. The fourth-order valence-corrected chi connectivity index (χ4v) is 3.32. The molecular formula is C23H20N4O2. The Bertz CT molecular complexity index is 1200. The van der Waals surface area contributed by atoms with Gasteiger partial charge >= 0.3 is 0 Å². The predicted molar refractivity (Wildman–Crippen MR) is 112 cm³/mol. The largest absolute Gasteiger partial charge is 0.282 e. The lowest BCUT2D eigenvalue weighted by Gasteiger charge is -2.11. The lowest BCUT2D eigenvalue weighted by atomic mass is 10.1. The highest BCUT2D eigenvalue weighted by Gasteiger charge is 2.38. The molecule has 1 atom stereocenters. The zero-order valence-electron chi connectivity index (χ0n) is 16.5. The zero-order valence-corrected chi connectivity index (χ0v) is 16.5. The Balaban J connectivity index is 1.57. The van der Waals surface area contributed by atoms with Crippen LogP contribution in [0.1, 0.15) is 28.4 Å². The summed E-state index contributed by atoms with van der Waals surface area (Å²) < 4.78 is 0. The van der Waals surface area contributed by atoms with Gasteiger partial charge in [0.2, 0.25) is 0 Å². The van der Waals surface area contributed by atoms with Crippen molar-refractivity contribution in [3.8, 4) is 0 Å². The Morgan fingerprint density at radius 3 is 2.48 bits per heavy atom. The van der Waals surface area contributed by atoms with Crippen LogP contribution in [0.15, 0.2) is 76.0 Å². The molecule has 0 saturated carbocycles. The topological polar surface area (TPSA) is 74.5 Å². The molecular weight excluding hydrogens is 364 g/mol. The molecule has 0 fully saturated rings. The number of hydrogen-bond acceptors (Lipinski definition) is 5. The second-order valence-electron chi connectivity index (χ2n) is 7.17. The van der Waals surface area contributed by atoms with Gasteiger partial charge in [0.15, 0.2) is 6.04 Å². The first-order valence-corrected chi connectivity index (χ1v) is 9.34. The third kappa shape index (κ3) is 3.57. The maximum absolute atomic E-state index is 12.9. The minimum Gasteiger partial charge on any atom is -0.269 e. The average molecular weight is 384 g/mol. The third-order valence-corrected chi connectivity index (χ3v) is 4.92. The Morgan fingerprint density at radius 2 is 1.72 bits per heavy atom. The molecule has 1 heterocycles. The fraction of sp³-hybridized carbons (Fsp3) is 0.174. The third-order valence-electron chi connectivity index (χ3n) is 4.92. The molecule has 2 amide bonds. The summed E-state index contributed by atoms with van der Waals surface area (Å²) in [5.74, 6) is -0.960. The van der Waals surface area contributed by atoms with E-state index in [1.165, 1.54) is 0 Å². The van der Waals surface area contributed by atoms with E-state index in [-0.39, 0.29) is 0 Å². The number of rotatable bonds is 3. The predicted octanol–water partition coefficient (Wildman–Crippen LogP) is 4.97. The van der Waals surface area contributed by atoms with Gasteiger partial charge in [-0.1, -0.05) is 48.0 Å². The highest BCUT2D eigenvalue weighted by Crippen LogP contribution is 2.23. The van der Waals surface area contributed by atoms with Crippen LogP contribution in [0, 0.1) is 13.8 Å². The lowest BCUT2D eigenvalue weighted by Crippen LogP contribution is -2.34. The molecule has 0 aromatic heterocycles. The number of carbonyl (C=O) groups excluding carboxylic acids is 2. The normalized spacial score (nSPS) is 16.7. The first-order valence-electron chi connectivity index (χ1n) is 9.34. The number of amides is 2. The minimum atomic E-state index is -0.889. The number of fused-ring (bicyclic) bond motifs is 1. The molecule has 0 aliphatic carbocycles. The van der Waals surface area contributed by atoms with Gasteiger partial charge in [0, 0.05) is 5.56 Å². The van der Waals surface area contributed by atoms with E-state index >= 15 is 0 Å². The number of carbonyl (C=O) groups is 2. The number of hydrazone groups is 1. The van der Waals surface area contributed by atoms with Crippen molar-refractivity contribution in [3.05, 3.63) is 77.4 Å². The van der Waals surface area contributed by atoms with Crippen molar-refractivity contribution in [1.82, 2.24) is 5.01 Å². The Labute approximate surface area is 168 Å². The van der Waals surface area contributed by atoms with Crippen molar-refractivity contribution in [3.63, 3.8) is 0 Å². The average Bonchev–Trinajstić information content (AvgIpc) is 3.00. The van der Waals surface area contributed by atoms with Crippen molar-refractivity contribution in [2.24, 2.45) is 15.3 Å². The number of aryl methyl sites for hydroxylation is 2. The van der Waals surface area contributed by atoms with Crippen LogP contribution in [0.25, 0.3) is 10.8 Å². The molecule has 3 aromatic rings. The fourth-order valence-electron chi connectivity index (χ4n) is 3.32. The number of hydrogen-bond donors (Lipinski definition) is 0. The molecule has 1 aliphatic heterocycles. The van der Waals surface area contributed by atoms with Gasteiger partial charge in [-0.3, -0.25) is 9.59 Å². The molecule has 1 unspecified atom stereocenters. The summed E-state index contributed by atoms with van der Waals surface area (Å²) in [5.41, 5.74) is 3.63. The smallest absolute Gasteiger partial charge is 0.269 e. The molecule has 0 N–H and O–H groups in total. The monoisotopic (exact) mass is 384 g/mol. The Hall–Kier alpha value is -3.67. The molecule has 0 bridgehead atoms. The summed E-state index contributed by atoms with van der Waals surface area (Å²) in [5, 5.41) is 15.4. The summed E-state index contributed by atoms with van der Waals surface area (Å²) in [4.78, 5) is 25.7. The molecule has 29 heavy (non-hydrogen) atoms. The van der Waals surface area contributed by atoms with Crippen LogP contribution in [-0.4, -0.2) is 28.6 Å². The van der Waals surface area contributed by atoms with E-state index in [0.29, 0.717) is 17.0 Å². The summed E-state index contributed by atoms with van der Waals surface area (Å²) in [6, 6.07) is 18.0. The van der Waals surface area contributed by atoms with Crippen LogP contribution >= 0.6 is 0 Å². The maximum Gasteiger partial charge on any atom is 0.282 e. The maximum atomic E-state index is 12.9. The van der Waals surface area contributed by atoms with Gasteiger partial charge in [0.25, 0.3) is 11.8 Å². The van der Waals surface area contributed by atoms with Crippen molar-refractivity contribution in [2.45, 2.75) is 26.8 Å². The number of imide groups is 1. The van der Waals surface area contributed by atoms with Crippen LogP contribution in [0.3, 0.4) is 0 Å². The van der Waals surface area contributed by atoms with Crippen molar-refractivity contribution >= 4 is 34.0 Å². The van der Waals surface area contributed by atoms with Gasteiger partial charge in [0.1, 0.15) is 0 Å². The number of benzene rings is 3. The molecule has 3 aromatic carbocycles. The second-order valence-corrected chi connectivity index (χ2v) is 7.17. The second kappa shape index (κ2) is 7.39. The van der Waals surface area contributed by atoms with Crippen LogP contribution in [0.4, 0.5) is 5.69 Å². The van der Waals surface area contributed by atoms with Crippen molar-refractivity contribution in [2.75, 3.05) is 0 Å². The van der Waals surface area contributed by atoms with E-state index in [1.807, 2.05) is 62.4 Å². The first-order chi connectivity index (χ1) is 13.9. The number of azo groups is 1. The SMILES string of the molecule is CC1=NN(C(=O)c2ccc3ccccc3c2)C(=O)C1N=Nc1ccc(C)cc1C. The zero-order chi connectivity index (χ0) is 20.5. The van der Waals surface area contributed by atoms with Crippen molar-refractivity contribution < 1.29 is 9.59 Å². The molecule has 144 valence electrons. The van der Waals surface area contributed by atoms with Gasteiger partial charge < -0.3 is 0 Å². The van der Waals surface area contributed by atoms with E-state index in [2.05, 4.69) is 15.3 Å². The minimum absolute atomic E-state index is 0.403. The van der Waals surface area contributed by atoms with Gasteiger partial charge in [-0.05, 0) is 55.3 Å². The molecule has 1 aliphatic rings. The van der Waals surface area contributed by atoms with Gasteiger partial charge in [-0.25, -0.2) is 0 Å².